The van der Waals surface area contributed by atoms with Crippen LogP contribution in [0.15, 0.2) is 23.6 Å². The Labute approximate surface area is 119 Å². The van der Waals surface area contributed by atoms with Crippen LogP contribution in [0.25, 0.3) is 0 Å². The molecule has 1 aromatic heterocycles. The molecule has 0 fully saturated rings. The third kappa shape index (κ3) is 2.83. The number of hydrogen-bond donors (Lipinski definition) is 2. The average molecular weight is 291 g/mol. The van der Waals surface area contributed by atoms with Crippen molar-refractivity contribution in [1.82, 2.24) is 10.3 Å². The van der Waals surface area contributed by atoms with E-state index in [4.69, 9.17) is 15.2 Å². The molecule has 0 bridgehead atoms. The highest BCUT2D eigenvalue weighted by molar-refractivity contribution is 7.13. The van der Waals surface area contributed by atoms with Gasteiger partial charge in [0.15, 0.2) is 16.6 Å². The van der Waals surface area contributed by atoms with Crippen molar-refractivity contribution in [2.75, 3.05) is 12.5 Å². The van der Waals surface area contributed by atoms with Gasteiger partial charge in [-0.1, -0.05) is 6.07 Å². The van der Waals surface area contributed by atoms with E-state index in [9.17, 15) is 4.79 Å². The molecule has 0 radical (unpaired) electrons. The Morgan fingerprint density at radius 2 is 2.25 bits per heavy atom. The van der Waals surface area contributed by atoms with Crippen LogP contribution in [-0.2, 0) is 17.8 Å². The first-order valence-electron chi connectivity index (χ1n) is 6.06. The highest BCUT2D eigenvalue weighted by atomic mass is 32.1. The van der Waals surface area contributed by atoms with Gasteiger partial charge in [-0.05, 0) is 17.7 Å². The first kappa shape index (κ1) is 12.7. The van der Waals surface area contributed by atoms with Crippen LogP contribution in [-0.4, -0.2) is 17.7 Å². The number of hydrogen-bond acceptors (Lipinski definition) is 6. The van der Waals surface area contributed by atoms with Crippen LogP contribution < -0.4 is 20.5 Å². The van der Waals surface area contributed by atoms with Crippen LogP contribution in [0.1, 0.15) is 11.3 Å². The summed E-state index contributed by atoms with van der Waals surface area (Å²) in [7, 11) is 0. The highest BCUT2D eigenvalue weighted by Crippen LogP contribution is 2.32. The number of thiazole rings is 1. The zero-order valence-electron chi connectivity index (χ0n) is 10.6. The van der Waals surface area contributed by atoms with Crippen molar-refractivity contribution in [3.8, 4) is 11.5 Å². The fourth-order valence-corrected chi connectivity index (χ4v) is 2.45. The van der Waals surface area contributed by atoms with Gasteiger partial charge < -0.3 is 20.5 Å². The van der Waals surface area contributed by atoms with Gasteiger partial charge in [0.05, 0.1) is 12.1 Å². The molecule has 6 nitrogen and oxygen atoms in total. The maximum atomic E-state index is 11.8. The third-order valence-electron chi connectivity index (χ3n) is 2.84. The van der Waals surface area contributed by atoms with Crippen molar-refractivity contribution >= 4 is 22.4 Å². The first-order valence-corrected chi connectivity index (χ1v) is 6.94. The molecule has 1 aliphatic rings. The zero-order valence-corrected chi connectivity index (χ0v) is 11.4. The Morgan fingerprint density at radius 1 is 1.40 bits per heavy atom. The molecule has 20 heavy (non-hydrogen) atoms. The summed E-state index contributed by atoms with van der Waals surface area (Å²) in [6, 6.07) is 5.60. The third-order valence-corrected chi connectivity index (χ3v) is 3.56. The number of nitrogens with zero attached hydrogens (tertiary/aromatic N) is 1. The predicted octanol–water partition coefficient (Wildman–Crippen LogP) is 1.31. The number of amides is 1. The first-order chi connectivity index (χ1) is 9.70. The minimum absolute atomic E-state index is 0.0898. The summed E-state index contributed by atoms with van der Waals surface area (Å²) in [6.45, 7) is 0.686. The standard InChI is InChI=1S/C13H13N3O3S/c14-13-16-9(6-20-13)4-12(17)15-5-8-1-2-10-11(3-8)19-7-18-10/h1-3,6H,4-5,7H2,(H2,14,16)(H,15,17). The van der Waals surface area contributed by atoms with Crippen molar-refractivity contribution in [2.24, 2.45) is 0 Å². The minimum Gasteiger partial charge on any atom is -0.454 e. The van der Waals surface area contributed by atoms with Crippen molar-refractivity contribution in [2.45, 2.75) is 13.0 Å². The summed E-state index contributed by atoms with van der Waals surface area (Å²) >= 11 is 1.33. The van der Waals surface area contributed by atoms with Crippen LogP contribution in [0.5, 0.6) is 11.5 Å². The SMILES string of the molecule is Nc1nc(CC(=O)NCc2ccc3c(c2)OCO3)cs1. The topological polar surface area (TPSA) is 86.5 Å². The Morgan fingerprint density at radius 3 is 3.05 bits per heavy atom. The lowest BCUT2D eigenvalue weighted by molar-refractivity contribution is -0.120. The lowest BCUT2D eigenvalue weighted by atomic mass is 10.2. The van der Waals surface area contributed by atoms with Crippen molar-refractivity contribution < 1.29 is 14.3 Å². The zero-order chi connectivity index (χ0) is 13.9. The average Bonchev–Trinajstić information content (AvgIpc) is 3.04. The number of rotatable bonds is 4. The fraction of sp³-hybridized carbons (Fsp3) is 0.231. The number of nitrogens with one attached hydrogen (secondary N) is 1. The van der Waals surface area contributed by atoms with E-state index in [1.54, 1.807) is 5.38 Å². The monoisotopic (exact) mass is 291 g/mol. The second-order valence-corrected chi connectivity index (χ2v) is 5.21. The van der Waals surface area contributed by atoms with Crippen molar-refractivity contribution in [3.05, 3.63) is 34.8 Å². The summed E-state index contributed by atoms with van der Waals surface area (Å²) in [4.78, 5) is 15.8. The molecule has 3 N–H and O–H groups in total. The molecule has 0 spiro atoms. The predicted molar refractivity (Wildman–Crippen MR) is 74.6 cm³/mol. The van der Waals surface area contributed by atoms with Gasteiger partial charge in [0, 0.05) is 11.9 Å². The minimum atomic E-state index is -0.0898. The Balaban J connectivity index is 1.55. The molecule has 0 saturated carbocycles. The molecule has 3 rings (SSSR count). The quantitative estimate of drug-likeness (QED) is 0.887. The smallest absolute Gasteiger partial charge is 0.231 e. The molecule has 0 unspecified atom stereocenters. The van der Waals surface area contributed by atoms with Crippen LogP contribution in [0.3, 0.4) is 0 Å². The highest BCUT2D eigenvalue weighted by Gasteiger charge is 2.13. The summed E-state index contributed by atoms with van der Waals surface area (Å²) in [5, 5.41) is 5.10. The normalized spacial score (nSPS) is 12.4. The summed E-state index contributed by atoms with van der Waals surface area (Å²) < 4.78 is 10.5. The molecule has 1 amide bonds. The lowest BCUT2D eigenvalue weighted by Crippen LogP contribution is -2.24. The molecule has 104 valence electrons. The van der Waals surface area contributed by atoms with Gasteiger partial charge in [-0.2, -0.15) is 0 Å². The lowest BCUT2D eigenvalue weighted by Gasteiger charge is -2.05. The number of aromatic nitrogens is 1. The molecule has 1 aromatic carbocycles. The Kier molecular flexibility index (Phi) is 3.42. The summed E-state index contributed by atoms with van der Waals surface area (Å²) in [5.74, 6) is 1.36. The van der Waals surface area contributed by atoms with Crippen molar-refractivity contribution in [1.29, 1.82) is 0 Å². The van der Waals surface area contributed by atoms with E-state index < -0.39 is 0 Å². The van der Waals surface area contributed by atoms with Gasteiger partial charge in [0.1, 0.15) is 0 Å². The molecule has 7 heteroatoms. The van der Waals surface area contributed by atoms with E-state index in [1.165, 1.54) is 11.3 Å². The van der Waals surface area contributed by atoms with E-state index >= 15 is 0 Å². The van der Waals surface area contributed by atoms with E-state index in [0.717, 1.165) is 11.3 Å². The van der Waals surface area contributed by atoms with Gasteiger partial charge >= 0.3 is 0 Å². The molecule has 0 saturated heterocycles. The Hall–Kier alpha value is -2.28. The molecular formula is C13H13N3O3S. The number of ether oxygens (including phenoxy) is 2. The maximum absolute atomic E-state index is 11.8. The van der Waals surface area contributed by atoms with Gasteiger partial charge in [0.2, 0.25) is 12.7 Å². The van der Waals surface area contributed by atoms with Crippen molar-refractivity contribution in [3.63, 3.8) is 0 Å². The second kappa shape index (κ2) is 5.38. The van der Waals surface area contributed by atoms with E-state index in [1.807, 2.05) is 18.2 Å². The number of carbonyl (C=O) groups is 1. The largest absolute Gasteiger partial charge is 0.454 e. The van der Waals surface area contributed by atoms with E-state index in [2.05, 4.69) is 10.3 Å². The number of anilines is 1. The summed E-state index contributed by atoms with van der Waals surface area (Å²) in [6.07, 6.45) is 0.234. The number of carbonyl (C=O) groups excluding carboxylic acids is 1. The molecule has 2 aromatic rings. The summed E-state index contributed by atoms with van der Waals surface area (Å²) in [5.41, 5.74) is 7.17. The number of fused-ring (bicyclic) bond motifs is 1. The van der Waals surface area contributed by atoms with Crippen LogP contribution in [0.4, 0.5) is 5.13 Å². The van der Waals surface area contributed by atoms with Crippen LogP contribution >= 0.6 is 11.3 Å². The van der Waals surface area contributed by atoms with Gasteiger partial charge in [-0.25, -0.2) is 4.98 Å². The van der Waals surface area contributed by atoms with Gasteiger partial charge in [-0.15, -0.1) is 11.3 Å². The van der Waals surface area contributed by atoms with Gasteiger partial charge in [0.25, 0.3) is 0 Å². The second-order valence-electron chi connectivity index (χ2n) is 4.32. The van der Waals surface area contributed by atoms with E-state index in [0.29, 0.717) is 23.1 Å². The van der Waals surface area contributed by atoms with Crippen LogP contribution in [0.2, 0.25) is 0 Å². The number of nitrogen functional groups attached to an aromatic ring is 1. The fourth-order valence-electron chi connectivity index (χ4n) is 1.88. The molecular weight excluding hydrogens is 278 g/mol. The molecule has 1 aliphatic heterocycles. The maximum Gasteiger partial charge on any atom is 0.231 e. The van der Waals surface area contributed by atoms with E-state index in [-0.39, 0.29) is 19.1 Å². The van der Waals surface area contributed by atoms with Gasteiger partial charge in [-0.3, -0.25) is 4.79 Å². The molecule has 2 heterocycles. The molecule has 0 aliphatic carbocycles. The molecule has 0 atom stereocenters. The number of nitrogens with two attached hydrogens (primary N) is 1. The van der Waals surface area contributed by atoms with Crippen LogP contribution in [0, 0.1) is 0 Å². The number of benzene rings is 1. The Bertz CT molecular complexity index is 642.